The van der Waals surface area contributed by atoms with Gasteiger partial charge in [-0.3, -0.25) is 0 Å². The summed E-state index contributed by atoms with van der Waals surface area (Å²) in [6.07, 6.45) is 3.02. The first-order valence-corrected chi connectivity index (χ1v) is 5.93. The molecule has 0 amide bonds. The molecule has 1 fully saturated rings. The normalized spacial score (nSPS) is 30.4. The zero-order valence-corrected chi connectivity index (χ0v) is 10.2. The summed E-state index contributed by atoms with van der Waals surface area (Å²) in [5.74, 6) is 2.72. The standard InChI is InChI=1S/C12H20N4/c1-8-6-9(2)10(3)16(7-8)11-4-5-14-12(13)15-11/h4-5,8-10H,6-7H2,1-3H3,(H2,13,14,15). The second kappa shape index (κ2) is 4.28. The molecule has 0 aromatic carbocycles. The highest BCUT2D eigenvalue weighted by atomic mass is 15.2. The lowest BCUT2D eigenvalue weighted by Gasteiger charge is -2.41. The van der Waals surface area contributed by atoms with Crippen molar-refractivity contribution in [1.29, 1.82) is 0 Å². The van der Waals surface area contributed by atoms with Gasteiger partial charge in [0.25, 0.3) is 0 Å². The largest absolute Gasteiger partial charge is 0.368 e. The number of hydrogen-bond donors (Lipinski definition) is 1. The minimum absolute atomic E-state index is 0.357. The average Bonchev–Trinajstić information content (AvgIpc) is 2.23. The summed E-state index contributed by atoms with van der Waals surface area (Å²) in [7, 11) is 0. The third kappa shape index (κ3) is 2.10. The highest BCUT2D eigenvalue weighted by Crippen LogP contribution is 2.30. The van der Waals surface area contributed by atoms with Gasteiger partial charge in [0.15, 0.2) is 0 Å². The van der Waals surface area contributed by atoms with Crippen molar-refractivity contribution in [3.05, 3.63) is 12.3 Å². The van der Waals surface area contributed by atoms with E-state index >= 15 is 0 Å². The van der Waals surface area contributed by atoms with E-state index in [1.54, 1.807) is 6.20 Å². The molecule has 4 heteroatoms. The molecule has 0 radical (unpaired) electrons. The first-order chi connectivity index (χ1) is 7.58. The van der Waals surface area contributed by atoms with Gasteiger partial charge in [-0.15, -0.1) is 0 Å². The highest BCUT2D eigenvalue weighted by Gasteiger charge is 2.29. The average molecular weight is 220 g/mol. The van der Waals surface area contributed by atoms with Crippen LogP contribution in [0.5, 0.6) is 0 Å². The number of hydrogen-bond acceptors (Lipinski definition) is 4. The first-order valence-electron chi connectivity index (χ1n) is 5.93. The monoisotopic (exact) mass is 220 g/mol. The van der Waals surface area contributed by atoms with Crippen LogP contribution in [0.2, 0.25) is 0 Å². The molecule has 1 saturated heterocycles. The number of nitrogens with two attached hydrogens (primary N) is 1. The van der Waals surface area contributed by atoms with Gasteiger partial charge >= 0.3 is 0 Å². The van der Waals surface area contributed by atoms with E-state index in [9.17, 15) is 0 Å². The van der Waals surface area contributed by atoms with Gasteiger partial charge in [0.1, 0.15) is 5.82 Å². The fourth-order valence-corrected chi connectivity index (χ4v) is 2.54. The van der Waals surface area contributed by atoms with Gasteiger partial charge in [-0.05, 0) is 31.2 Å². The highest BCUT2D eigenvalue weighted by molar-refractivity contribution is 5.42. The Hall–Kier alpha value is -1.32. The molecule has 2 rings (SSSR count). The van der Waals surface area contributed by atoms with E-state index in [4.69, 9.17) is 5.73 Å². The van der Waals surface area contributed by atoms with Crippen molar-refractivity contribution in [2.24, 2.45) is 11.8 Å². The van der Waals surface area contributed by atoms with Gasteiger partial charge in [0.05, 0.1) is 0 Å². The molecule has 16 heavy (non-hydrogen) atoms. The number of piperidine rings is 1. The number of rotatable bonds is 1. The van der Waals surface area contributed by atoms with E-state index < -0.39 is 0 Å². The second-order valence-corrected chi connectivity index (χ2v) is 4.98. The SMILES string of the molecule is CC1CC(C)C(C)N(c2ccnc(N)n2)C1. The third-order valence-electron chi connectivity index (χ3n) is 3.55. The molecule has 2 heterocycles. The van der Waals surface area contributed by atoms with Crippen molar-refractivity contribution >= 4 is 11.8 Å². The van der Waals surface area contributed by atoms with Crippen molar-refractivity contribution in [1.82, 2.24) is 9.97 Å². The first kappa shape index (κ1) is 11.2. The van der Waals surface area contributed by atoms with Crippen LogP contribution in [0.25, 0.3) is 0 Å². The maximum Gasteiger partial charge on any atom is 0.221 e. The van der Waals surface area contributed by atoms with E-state index in [0.29, 0.717) is 23.8 Å². The summed E-state index contributed by atoms with van der Waals surface area (Å²) in [4.78, 5) is 10.6. The third-order valence-corrected chi connectivity index (χ3v) is 3.55. The summed E-state index contributed by atoms with van der Waals surface area (Å²) >= 11 is 0. The Morgan fingerprint density at radius 1 is 1.38 bits per heavy atom. The number of nitrogen functional groups attached to an aromatic ring is 1. The molecule has 0 bridgehead atoms. The number of aromatic nitrogens is 2. The van der Waals surface area contributed by atoms with E-state index in [2.05, 4.69) is 35.6 Å². The zero-order valence-electron chi connectivity index (χ0n) is 10.2. The van der Waals surface area contributed by atoms with Gasteiger partial charge in [-0.25, -0.2) is 4.98 Å². The predicted octanol–water partition coefficient (Wildman–Crippen LogP) is 1.93. The molecule has 1 aromatic rings. The quantitative estimate of drug-likeness (QED) is 0.785. The van der Waals surface area contributed by atoms with Crippen LogP contribution in [0.15, 0.2) is 12.3 Å². The van der Waals surface area contributed by atoms with Crippen molar-refractivity contribution in [2.45, 2.75) is 33.2 Å². The van der Waals surface area contributed by atoms with Crippen LogP contribution >= 0.6 is 0 Å². The van der Waals surface area contributed by atoms with Crippen LogP contribution in [-0.4, -0.2) is 22.6 Å². The molecule has 1 aliphatic heterocycles. The van der Waals surface area contributed by atoms with Crippen LogP contribution in [0.3, 0.4) is 0 Å². The molecule has 1 aromatic heterocycles. The Morgan fingerprint density at radius 3 is 2.81 bits per heavy atom. The fourth-order valence-electron chi connectivity index (χ4n) is 2.54. The van der Waals surface area contributed by atoms with Crippen molar-refractivity contribution in [3.63, 3.8) is 0 Å². The lowest BCUT2D eigenvalue weighted by Crippen LogP contribution is -2.46. The summed E-state index contributed by atoms with van der Waals surface area (Å²) < 4.78 is 0. The minimum atomic E-state index is 0.357. The smallest absolute Gasteiger partial charge is 0.221 e. The molecular weight excluding hydrogens is 200 g/mol. The molecule has 3 unspecified atom stereocenters. The summed E-state index contributed by atoms with van der Waals surface area (Å²) in [5.41, 5.74) is 5.63. The lowest BCUT2D eigenvalue weighted by molar-refractivity contribution is 0.295. The number of nitrogens with zero attached hydrogens (tertiary/aromatic N) is 3. The Labute approximate surface area is 96.9 Å². The van der Waals surface area contributed by atoms with Crippen LogP contribution in [0.4, 0.5) is 11.8 Å². The van der Waals surface area contributed by atoms with Gasteiger partial charge < -0.3 is 10.6 Å². The van der Waals surface area contributed by atoms with Crippen LogP contribution in [0, 0.1) is 11.8 Å². The van der Waals surface area contributed by atoms with Gasteiger partial charge in [-0.2, -0.15) is 4.98 Å². The van der Waals surface area contributed by atoms with E-state index in [1.807, 2.05) is 6.07 Å². The Kier molecular flexibility index (Phi) is 2.99. The maximum absolute atomic E-state index is 5.63. The fraction of sp³-hybridized carbons (Fsp3) is 0.667. The lowest BCUT2D eigenvalue weighted by atomic mass is 9.86. The van der Waals surface area contributed by atoms with Gasteiger partial charge in [-0.1, -0.05) is 13.8 Å². The molecule has 0 spiro atoms. The van der Waals surface area contributed by atoms with E-state index in [-0.39, 0.29) is 0 Å². The van der Waals surface area contributed by atoms with Crippen molar-refractivity contribution < 1.29 is 0 Å². The van der Waals surface area contributed by atoms with E-state index in [0.717, 1.165) is 12.4 Å². The van der Waals surface area contributed by atoms with Crippen molar-refractivity contribution in [3.8, 4) is 0 Å². The minimum Gasteiger partial charge on any atom is -0.368 e. The van der Waals surface area contributed by atoms with E-state index in [1.165, 1.54) is 6.42 Å². The Balaban J connectivity index is 2.25. The molecule has 0 aliphatic carbocycles. The number of anilines is 2. The molecular formula is C12H20N4. The van der Waals surface area contributed by atoms with Crippen LogP contribution < -0.4 is 10.6 Å². The van der Waals surface area contributed by atoms with Crippen LogP contribution in [-0.2, 0) is 0 Å². The summed E-state index contributed by atoms with van der Waals surface area (Å²) in [5, 5.41) is 0. The maximum atomic E-state index is 5.63. The van der Waals surface area contributed by atoms with Gasteiger partial charge in [0.2, 0.25) is 5.95 Å². The van der Waals surface area contributed by atoms with Crippen LogP contribution in [0.1, 0.15) is 27.2 Å². The summed E-state index contributed by atoms with van der Waals surface area (Å²) in [6, 6.07) is 2.46. The Morgan fingerprint density at radius 2 is 2.12 bits per heavy atom. The molecule has 0 saturated carbocycles. The molecule has 88 valence electrons. The Bertz CT molecular complexity index is 366. The molecule has 4 nitrogen and oxygen atoms in total. The van der Waals surface area contributed by atoms with Gasteiger partial charge in [0, 0.05) is 18.8 Å². The summed E-state index contributed by atoms with van der Waals surface area (Å²) in [6.45, 7) is 7.91. The molecule has 1 aliphatic rings. The second-order valence-electron chi connectivity index (χ2n) is 4.98. The predicted molar refractivity (Wildman–Crippen MR) is 66.2 cm³/mol. The topological polar surface area (TPSA) is 55.0 Å². The zero-order chi connectivity index (χ0) is 11.7. The van der Waals surface area contributed by atoms with Crippen molar-refractivity contribution in [2.75, 3.05) is 17.2 Å². The molecule has 3 atom stereocenters. The molecule has 2 N–H and O–H groups in total.